The number of hydrogen-bond donors (Lipinski definition) is 2. The number of carbonyl (C=O) groups is 4. The number of aryl methyl sites for hydroxylation is 1. The summed E-state index contributed by atoms with van der Waals surface area (Å²) in [7, 11) is 1.51. The van der Waals surface area contributed by atoms with Crippen molar-refractivity contribution in [1.29, 1.82) is 0 Å². The zero-order valence-corrected chi connectivity index (χ0v) is 28.1. The number of ether oxygens (including phenoxy) is 2. The topological polar surface area (TPSA) is 114 Å². The average Bonchev–Trinajstić information content (AvgIpc) is 2.96. The van der Waals surface area contributed by atoms with Crippen molar-refractivity contribution in [2.75, 3.05) is 7.05 Å². The summed E-state index contributed by atoms with van der Waals surface area (Å²) in [5, 5.41) is 5.59. The molecular formula is C37H47N3O6. The molecule has 0 aromatic heterocycles. The lowest BCUT2D eigenvalue weighted by Crippen LogP contribution is -2.54. The maximum Gasteiger partial charge on any atom is 0.408 e. The van der Waals surface area contributed by atoms with E-state index in [0.717, 1.165) is 16.7 Å². The number of alkyl carbamates (subject to hydrolysis) is 1. The third-order valence-electron chi connectivity index (χ3n) is 6.94. The molecule has 3 aromatic rings. The van der Waals surface area contributed by atoms with Gasteiger partial charge in [0, 0.05) is 19.9 Å². The fourth-order valence-electron chi connectivity index (χ4n) is 4.84. The molecule has 2 N–H and O–H groups in total. The van der Waals surface area contributed by atoms with Crippen molar-refractivity contribution in [3.05, 3.63) is 107 Å². The van der Waals surface area contributed by atoms with E-state index in [9.17, 15) is 19.2 Å². The van der Waals surface area contributed by atoms with Crippen LogP contribution in [0.2, 0.25) is 0 Å². The zero-order chi connectivity index (χ0) is 34.1. The highest BCUT2D eigenvalue weighted by atomic mass is 16.6. The number of rotatable bonds is 11. The van der Waals surface area contributed by atoms with Crippen LogP contribution in [-0.4, -0.2) is 59.1 Å². The average molecular weight is 630 g/mol. The van der Waals surface area contributed by atoms with Crippen molar-refractivity contribution in [2.24, 2.45) is 0 Å². The summed E-state index contributed by atoms with van der Waals surface area (Å²) in [6.45, 7) is 12.4. The van der Waals surface area contributed by atoms with Crippen LogP contribution in [0.15, 0.2) is 84.9 Å². The molecule has 0 saturated heterocycles. The molecule has 0 aliphatic heterocycles. The molecule has 0 bridgehead atoms. The summed E-state index contributed by atoms with van der Waals surface area (Å²) < 4.78 is 11.1. The van der Waals surface area contributed by atoms with Gasteiger partial charge < -0.3 is 25.0 Å². The Balaban J connectivity index is 1.98. The van der Waals surface area contributed by atoms with Crippen LogP contribution in [0, 0.1) is 6.92 Å². The van der Waals surface area contributed by atoms with E-state index in [2.05, 4.69) is 10.6 Å². The lowest BCUT2D eigenvalue weighted by Gasteiger charge is -2.33. The number of likely N-dealkylation sites (N-methyl/N-ethyl adjacent to an activating group) is 1. The monoisotopic (exact) mass is 629 g/mol. The van der Waals surface area contributed by atoms with Crippen LogP contribution in [0.5, 0.6) is 0 Å². The van der Waals surface area contributed by atoms with E-state index in [-0.39, 0.29) is 12.8 Å². The molecule has 0 radical (unpaired) electrons. The van der Waals surface area contributed by atoms with Crippen LogP contribution in [0.1, 0.15) is 69.8 Å². The molecule has 0 aliphatic carbocycles. The molecule has 246 valence electrons. The van der Waals surface area contributed by atoms with Crippen molar-refractivity contribution >= 4 is 23.9 Å². The van der Waals surface area contributed by atoms with Crippen LogP contribution in [0.4, 0.5) is 4.79 Å². The van der Waals surface area contributed by atoms with Crippen LogP contribution >= 0.6 is 0 Å². The van der Waals surface area contributed by atoms with Crippen LogP contribution < -0.4 is 10.6 Å². The predicted octanol–water partition coefficient (Wildman–Crippen LogP) is 5.70. The van der Waals surface area contributed by atoms with E-state index in [0.29, 0.717) is 5.56 Å². The smallest absolute Gasteiger partial charge is 0.408 e. The van der Waals surface area contributed by atoms with Gasteiger partial charge in [0.05, 0.1) is 0 Å². The van der Waals surface area contributed by atoms with E-state index in [1.807, 2.05) is 79.7 Å². The second kappa shape index (κ2) is 15.6. The molecule has 9 heteroatoms. The number of carbonyl (C=O) groups excluding carboxylic acids is 4. The summed E-state index contributed by atoms with van der Waals surface area (Å²) in [6.07, 6.45) is -0.393. The zero-order valence-electron chi connectivity index (χ0n) is 28.1. The Morgan fingerprint density at radius 3 is 1.63 bits per heavy atom. The lowest BCUT2D eigenvalue weighted by molar-refractivity contribution is -0.159. The number of esters is 1. The van der Waals surface area contributed by atoms with Gasteiger partial charge in [0.2, 0.25) is 11.8 Å². The van der Waals surface area contributed by atoms with E-state index in [4.69, 9.17) is 9.47 Å². The summed E-state index contributed by atoms with van der Waals surface area (Å²) in [6, 6.07) is 22.6. The van der Waals surface area contributed by atoms with Crippen LogP contribution in [0.25, 0.3) is 0 Å². The quantitative estimate of drug-likeness (QED) is 0.263. The third kappa shape index (κ3) is 11.4. The van der Waals surface area contributed by atoms with Gasteiger partial charge in [-0.25, -0.2) is 9.59 Å². The molecule has 0 aliphatic rings. The molecule has 3 atom stereocenters. The number of hydrogen-bond acceptors (Lipinski definition) is 6. The van der Waals surface area contributed by atoms with Crippen molar-refractivity contribution < 1.29 is 28.7 Å². The van der Waals surface area contributed by atoms with Crippen LogP contribution in [0.3, 0.4) is 0 Å². The maximum absolute atomic E-state index is 14.2. The lowest BCUT2D eigenvalue weighted by atomic mass is 9.99. The number of benzene rings is 3. The van der Waals surface area contributed by atoms with Gasteiger partial charge >= 0.3 is 12.1 Å². The second-order valence-corrected chi connectivity index (χ2v) is 13.4. The first kappa shape index (κ1) is 35.8. The molecular weight excluding hydrogens is 582 g/mol. The van der Waals surface area contributed by atoms with Crippen molar-refractivity contribution in [2.45, 2.75) is 90.6 Å². The van der Waals surface area contributed by atoms with Crippen molar-refractivity contribution in [3.63, 3.8) is 0 Å². The normalized spacial score (nSPS) is 13.5. The standard InChI is InChI=1S/C37H47N3O6/c1-25-19-21-28(22-20-25)31(32(41)38-30(34(43)45-36(2,3)4)24-27-17-13-10-14-18-27)40(8)33(42)29(23-26-15-11-9-12-16-26)39-35(44)46-37(5,6)7/h9-22,29-31H,23-24H2,1-8H3,(H,38,41)(H,39,44). The van der Waals surface area contributed by atoms with Gasteiger partial charge in [-0.3, -0.25) is 9.59 Å². The van der Waals surface area contributed by atoms with Gasteiger partial charge in [0.25, 0.3) is 0 Å². The summed E-state index contributed by atoms with van der Waals surface area (Å²) in [5.74, 6) is -1.66. The third-order valence-corrected chi connectivity index (χ3v) is 6.94. The molecule has 3 amide bonds. The molecule has 0 saturated carbocycles. The van der Waals surface area contributed by atoms with E-state index in [1.165, 1.54) is 11.9 Å². The minimum absolute atomic E-state index is 0.167. The SMILES string of the molecule is Cc1ccc(C(C(=O)NC(Cc2ccccc2)C(=O)OC(C)(C)C)N(C)C(=O)C(Cc2ccccc2)NC(=O)OC(C)(C)C)cc1. The first-order chi connectivity index (χ1) is 21.5. The first-order valence-corrected chi connectivity index (χ1v) is 15.5. The Morgan fingerprint density at radius 2 is 1.15 bits per heavy atom. The molecule has 0 fully saturated rings. The minimum atomic E-state index is -1.13. The summed E-state index contributed by atoms with van der Waals surface area (Å²) >= 11 is 0. The highest BCUT2D eigenvalue weighted by Gasteiger charge is 2.36. The molecule has 3 unspecified atom stereocenters. The van der Waals surface area contributed by atoms with Gasteiger partial charge in [0.15, 0.2) is 0 Å². The predicted molar refractivity (Wildman–Crippen MR) is 178 cm³/mol. The molecule has 9 nitrogen and oxygen atoms in total. The van der Waals surface area contributed by atoms with Gasteiger partial charge in [-0.05, 0) is 65.2 Å². The summed E-state index contributed by atoms with van der Waals surface area (Å²) in [4.78, 5) is 56.0. The Morgan fingerprint density at radius 1 is 0.674 bits per heavy atom. The Labute approximate surface area is 272 Å². The Hall–Kier alpha value is -4.66. The Kier molecular flexibility index (Phi) is 12.1. The number of nitrogens with zero attached hydrogens (tertiary/aromatic N) is 1. The molecule has 3 aromatic carbocycles. The fraction of sp³-hybridized carbons (Fsp3) is 0.405. The van der Waals surface area contributed by atoms with E-state index in [1.54, 1.807) is 53.7 Å². The highest BCUT2D eigenvalue weighted by molar-refractivity contribution is 5.94. The van der Waals surface area contributed by atoms with Crippen molar-refractivity contribution in [1.82, 2.24) is 15.5 Å². The molecule has 3 rings (SSSR count). The maximum atomic E-state index is 14.2. The largest absolute Gasteiger partial charge is 0.458 e. The first-order valence-electron chi connectivity index (χ1n) is 15.5. The highest BCUT2D eigenvalue weighted by Crippen LogP contribution is 2.23. The van der Waals surface area contributed by atoms with E-state index >= 15 is 0 Å². The van der Waals surface area contributed by atoms with Gasteiger partial charge in [-0.2, -0.15) is 0 Å². The number of amides is 3. The molecule has 46 heavy (non-hydrogen) atoms. The van der Waals surface area contributed by atoms with Gasteiger partial charge in [0.1, 0.15) is 29.3 Å². The fourth-order valence-corrected chi connectivity index (χ4v) is 4.84. The molecule has 0 spiro atoms. The van der Waals surface area contributed by atoms with Gasteiger partial charge in [-0.1, -0.05) is 90.5 Å². The molecule has 0 heterocycles. The number of nitrogens with one attached hydrogen (secondary N) is 2. The Bertz CT molecular complexity index is 1460. The van der Waals surface area contributed by atoms with Crippen molar-refractivity contribution in [3.8, 4) is 0 Å². The second-order valence-electron chi connectivity index (χ2n) is 13.4. The van der Waals surface area contributed by atoms with Gasteiger partial charge in [-0.15, -0.1) is 0 Å². The van der Waals surface area contributed by atoms with Crippen LogP contribution in [-0.2, 0) is 36.7 Å². The van der Waals surface area contributed by atoms with E-state index < -0.39 is 53.2 Å². The summed E-state index contributed by atoms with van der Waals surface area (Å²) in [5.41, 5.74) is 1.60. The minimum Gasteiger partial charge on any atom is -0.458 e.